The summed E-state index contributed by atoms with van der Waals surface area (Å²) in [6, 6.07) is 3.15. The lowest BCUT2D eigenvalue weighted by Crippen LogP contribution is -2.29. The van der Waals surface area contributed by atoms with E-state index in [9.17, 15) is 9.18 Å². The predicted molar refractivity (Wildman–Crippen MR) is 82.4 cm³/mol. The Labute approximate surface area is 127 Å². The van der Waals surface area contributed by atoms with Gasteiger partial charge in [0.25, 0.3) is 5.56 Å². The Morgan fingerprint density at radius 2 is 2.09 bits per heavy atom. The van der Waals surface area contributed by atoms with Gasteiger partial charge in [0.05, 0.1) is 18.3 Å². The van der Waals surface area contributed by atoms with Crippen LogP contribution in [-0.4, -0.2) is 22.2 Å². The first-order chi connectivity index (χ1) is 10.6. The third-order valence-corrected chi connectivity index (χ3v) is 4.40. The summed E-state index contributed by atoms with van der Waals surface area (Å²) in [6.45, 7) is 0.436. The number of ether oxygens (including phenoxy) is 1. The highest BCUT2D eigenvalue weighted by Crippen LogP contribution is 2.29. The van der Waals surface area contributed by atoms with Crippen molar-refractivity contribution in [1.29, 1.82) is 0 Å². The highest BCUT2D eigenvalue weighted by atomic mass is 19.1. The number of nitrogens with zero attached hydrogens (tertiary/aromatic N) is 2. The summed E-state index contributed by atoms with van der Waals surface area (Å²) < 4.78 is 21.3. The number of aryl methyl sites for hydroxylation is 1. The van der Waals surface area contributed by atoms with Crippen molar-refractivity contribution in [3.05, 3.63) is 34.5 Å². The summed E-state index contributed by atoms with van der Waals surface area (Å²) in [5.41, 5.74) is 6.55. The minimum absolute atomic E-state index is 0.111. The first-order valence-corrected chi connectivity index (χ1v) is 7.59. The van der Waals surface area contributed by atoms with Gasteiger partial charge in [0, 0.05) is 13.1 Å². The van der Waals surface area contributed by atoms with Crippen LogP contribution in [-0.2, 0) is 7.05 Å². The van der Waals surface area contributed by atoms with Crippen LogP contribution in [0.3, 0.4) is 0 Å². The second kappa shape index (κ2) is 6.04. The number of hydrogen-bond donors (Lipinski definition) is 1. The van der Waals surface area contributed by atoms with Crippen LogP contribution in [0.15, 0.2) is 23.1 Å². The summed E-state index contributed by atoms with van der Waals surface area (Å²) in [5, 5.41) is 0. The highest BCUT2D eigenvalue weighted by molar-refractivity contribution is 5.81. The monoisotopic (exact) mass is 305 g/mol. The van der Waals surface area contributed by atoms with Gasteiger partial charge in [-0.15, -0.1) is 0 Å². The molecule has 0 spiro atoms. The van der Waals surface area contributed by atoms with Crippen LogP contribution in [0.5, 0.6) is 5.75 Å². The van der Waals surface area contributed by atoms with Crippen molar-refractivity contribution in [3.8, 4) is 5.75 Å². The number of rotatable bonds is 3. The molecule has 5 nitrogen and oxygen atoms in total. The van der Waals surface area contributed by atoms with Gasteiger partial charge in [-0.3, -0.25) is 4.79 Å². The van der Waals surface area contributed by atoms with Gasteiger partial charge in [0.1, 0.15) is 5.52 Å². The van der Waals surface area contributed by atoms with Crippen LogP contribution >= 0.6 is 0 Å². The fraction of sp³-hybridized carbons (Fsp3) is 0.500. The fourth-order valence-electron chi connectivity index (χ4n) is 2.98. The first-order valence-electron chi connectivity index (χ1n) is 7.59. The van der Waals surface area contributed by atoms with Gasteiger partial charge < -0.3 is 15.0 Å². The molecule has 22 heavy (non-hydrogen) atoms. The molecular formula is C16H20FN3O2. The Balaban J connectivity index is 1.88. The molecule has 1 aliphatic carbocycles. The molecule has 0 atom stereocenters. The molecule has 0 bridgehead atoms. The van der Waals surface area contributed by atoms with Crippen LogP contribution in [0, 0.1) is 11.7 Å². The van der Waals surface area contributed by atoms with Gasteiger partial charge in [-0.25, -0.2) is 9.37 Å². The molecule has 1 aromatic heterocycles. The van der Waals surface area contributed by atoms with Crippen LogP contribution < -0.4 is 16.0 Å². The molecule has 1 saturated carbocycles. The largest absolute Gasteiger partial charge is 0.488 e. The Kier molecular flexibility index (Phi) is 4.11. The van der Waals surface area contributed by atoms with Gasteiger partial charge in [-0.05, 0) is 43.7 Å². The zero-order valence-corrected chi connectivity index (χ0v) is 12.6. The fourth-order valence-corrected chi connectivity index (χ4v) is 2.98. The average Bonchev–Trinajstić information content (AvgIpc) is 2.52. The maximum atomic E-state index is 14.2. The van der Waals surface area contributed by atoms with Crippen LogP contribution in [0.1, 0.15) is 25.7 Å². The Morgan fingerprint density at radius 1 is 1.36 bits per heavy atom. The molecule has 0 saturated heterocycles. The number of nitrogens with two attached hydrogens (primary N) is 1. The van der Waals surface area contributed by atoms with Gasteiger partial charge in [0.15, 0.2) is 11.6 Å². The van der Waals surface area contributed by atoms with E-state index in [1.165, 1.54) is 16.8 Å². The summed E-state index contributed by atoms with van der Waals surface area (Å²) in [5.74, 6) is 0.0197. The van der Waals surface area contributed by atoms with Crippen molar-refractivity contribution < 1.29 is 9.13 Å². The van der Waals surface area contributed by atoms with Gasteiger partial charge in [0.2, 0.25) is 0 Å². The summed E-state index contributed by atoms with van der Waals surface area (Å²) in [6.07, 6.45) is 5.17. The quantitative estimate of drug-likeness (QED) is 0.941. The van der Waals surface area contributed by atoms with E-state index in [1.807, 2.05) is 0 Å². The predicted octanol–water partition coefficient (Wildman–Crippen LogP) is 1.97. The maximum Gasteiger partial charge on any atom is 0.269 e. The minimum Gasteiger partial charge on any atom is -0.488 e. The van der Waals surface area contributed by atoms with Gasteiger partial charge in [-0.2, -0.15) is 0 Å². The zero-order valence-electron chi connectivity index (χ0n) is 12.6. The van der Waals surface area contributed by atoms with Crippen molar-refractivity contribution in [3.63, 3.8) is 0 Å². The van der Waals surface area contributed by atoms with Gasteiger partial charge >= 0.3 is 0 Å². The van der Waals surface area contributed by atoms with E-state index in [4.69, 9.17) is 10.5 Å². The van der Waals surface area contributed by atoms with Crippen LogP contribution in [0.4, 0.5) is 4.39 Å². The van der Waals surface area contributed by atoms with Crippen molar-refractivity contribution >= 4 is 11.0 Å². The molecule has 6 heteroatoms. The zero-order chi connectivity index (χ0) is 15.7. The topological polar surface area (TPSA) is 70.1 Å². The van der Waals surface area contributed by atoms with Crippen molar-refractivity contribution in [2.75, 3.05) is 6.61 Å². The van der Waals surface area contributed by atoms with E-state index >= 15 is 0 Å². The second-order valence-corrected chi connectivity index (χ2v) is 5.99. The van der Waals surface area contributed by atoms with E-state index in [0.29, 0.717) is 23.6 Å². The lowest BCUT2D eigenvalue weighted by atomic mass is 9.87. The summed E-state index contributed by atoms with van der Waals surface area (Å²) in [7, 11) is 1.60. The first kappa shape index (κ1) is 15.0. The average molecular weight is 305 g/mol. The number of aromatic nitrogens is 2. The third kappa shape index (κ3) is 2.83. The van der Waals surface area contributed by atoms with E-state index in [0.717, 1.165) is 25.7 Å². The second-order valence-electron chi connectivity index (χ2n) is 5.99. The molecule has 1 fully saturated rings. The SMILES string of the molecule is Cn1c(=O)cnc2ccc(F)c(OCC3CCC(N)CC3)c21. The molecule has 1 aliphatic rings. The molecule has 0 unspecified atom stereocenters. The van der Waals surface area contributed by atoms with Gasteiger partial charge in [-0.1, -0.05) is 0 Å². The molecule has 2 N–H and O–H groups in total. The molecule has 2 aromatic rings. The molecular weight excluding hydrogens is 285 g/mol. The van der Waals surface area contributed by atoms with E-state index < -0.39 is 5.82 Å². The van der Waals surface area contributed by atoms with Crippen molar-refractivity contribution in [2.24, 2.45) is 18.7 Å². The van der Waals surface area contributed by atoms with Crippen LogP contribution in [0.25, 0.3) is 11.0 Å². The highest BCUT2D eigenvalue weighted by Gasteiger charge is 2.21. The normalized spacial score (nSPS) is 22.0. The maximum absolute atomic E-state index is 14.2. The molecule has 0 amide bonds. The Morgan fingerprint density at radius 3 is 2.82 bits per heavy atom. The Bertz CT molecular complexity index is 736. The molecule has 0 radical (unpaired) electrons. The standard InChI is InChI=1S/C16H20FN3O2/c1-20-14(21)8-19-13-7-6-12(17)16(15(13)20)22-9-10-2-4-11(18)5-3-10/h6-8,10-11H,2-5,9,18H2,1H3. The molecule has 118 valence electrons. The summed E-state index contributed by atoms with van der Waals surface area (Å²) >= 11 is 0. The molecule has 1 heterocycles. The molecule has 3 rings (SSSR count). The number of halogens is 1. The van der Waals surface area contributed by atoms with Crippen LogP contribution in [0.2, 0.25) is 0 Å². The van der Waals surface area contributed by atoms with Crippen molar-refractivity contribution in [2.45, 2.75) is 31.7 Å². The minimum atomic E-state index is -0.469. The Hall–Kier alpha value is -1.95. The van der Waals surface area contributed by atoms with Crippen molar-refractivity contribution in [1.82, 2.24) is 9.55 Å². The van der Waals surface area contributed by atoms with E-state index in [1.54, 1.807) is 13.1 Å². The molecule has 0 aliphatic heterocycles. The van der Waals surface area contributed by atoms with E-state index in [2.05, 4.69) is 4.98 Å². The number of hydrogen-bond acceptors (Lipinski definition) is 4. The smallest absolute Gasteiger partial charge is 0.269 e. The number of benzene rings is 1. The molecule has 1 aromatic carbocycles. The lowest BCUT2D eigenvalue weighted by molar-refractivity contribution is 0.196. The van der Waals surface area contributed by atoms with E-state index in [-0.39, 0.29) is 17.4 Å². The lowest BCUT2D eigenvalue weighted by Gasteiger charge is -2.26. The number of fused-ring (bicyclic) bond motifs is 1. The third-order valence-electron chi connectivity index (χ3n) is 4.40. The summed E-state index contributed by atoms with van der Waals surface area (Å²) in [4.78, 5) is 15.8.